The number of phenols is 3. The summed E-state index contributed by atoms with van der Waals surface area (Å²) in [5, 5.41) is 75.3. The third-order valence-corrected chi connectivity index (χ3v) is 11.3. The van der Waals surface area contributed by atoms with Crippen molar-refractivity contribution >= 4 is 29.7 Å². The molecule has 0 spiro atoms. The molecule has 4 heterocycles. The van der Waals surface area contributed by atoms with Crippen molar-refractivity contribution in [1.29, 1.82) is 0 Å². The molecule has 24 nitrogen and oxygen atoms in total. The Hall–Kier alpha value is -6.51. The summed E-state index contributed by atoms with van der Waals surface area (Å²) in [6.07, 6.45) is -22.3. The van der Waals surface area contributed by atoms with Gasteiger partial charge in [-0.25, -0.2) is 0 Å². The van der Waals surface area contributed by atoms with E-state index in [1.807, 2.05) is 0 Å². The van der Waals surface area contributed by atoms with Gasteiger partial charge in [0.25, 0.3) is 0 Å². The van der Waals surface area contributed by atoms with E-state index < -0.39 is 141 Å². The summed E-state index contributed by atoms with van der Waals surface area (Å²) in [6, 6.07) is 10.7. The first-order valence-electron chi connectivity index (χ1n) is 21.3. The quantitative estimate of drug-likeness (QED) is 0.0843. The molecule has 69 heavy (non-hydrogen) atoms. The SMILES string of the molecule is COc1cc(C2Oc3cc([C@H]4Oc5cc(O)cc(O)c5C(=O)[C@@H]4O)ccc3OC2CO[C@@H]2O[C@H](CO)[C@@H](O[C@@H]3O[C@H](COC(C)=O)[C@@H](OC(C)=O)[C@H](OC(C)=O)[C@H]3OC(C)=O)[C@H](O)[C@H]2O)ccc1O. The zero-order valence-corrected chi connectivity index (χ0v) is 37.4. The van der Waals surface area contributed by atoms with Crippen molar-refractivity contribution < 1.29 is 117 Å². The molecule has 0 aromatic heterocycles. The molecular formula is C45H50O24. The Kier molecular flexibility index (Phi) is 15.3. The van der Waals surface area contributed by atoms with Gasteiger partial charge in [-0.2, -0.15) is 0 Å². The summed E-state index contributed by atoms with van der Waals surface area (Å²) in [5.74, 6) is -5.45. The molecule has 2 saturated heterocycles. The van der Waals surface area contributed by atoms with Crippen molar-refractivity contribution in [3.05, 3.63) is 65.2 Å². The van der Waals surface area contributed by atoms with Gasteiger partial charge in [0.15, 0.2) is 78.3 Å². The predicted octanol–water partition coefficient (Wildman–Crippen LogP) is 0.294. The monoisotopic (exact) mass is 974 g/mol. The molecule has 3 aromatic carbocycles. The van der Waals surface area contributed by atoms with Crippen molar-refractivity contribution in [2.75, 3.05) is 26.9 Å². The summed E-state index contributed by atoms with van der Waals surface area (Å²) < 4.78 is 69.3. The third kappa shape index (κ3) is 10.9. The van der Waals surface area contributed by atoms with Gasteiger partial charge in [-0.15, -0.1) is 0 Å². The third-order valence-electron chi connectivity index (χ3n) is 11.3. The van der Waals surface area contributed by atoms with Crippen LogP contribution in [0, 0.1) is 0 Å². The summed E-state index contributed by atoms with van der Waals surface area (Å²) in [5.41, 5.74) is 0.287. The molecule has 7 N–H and O–H groups in total. The van der Waals surface area contributed by atoms with Crippen LogP contribution in [0.5, 0.6) is 40.2 Å². The summed E-state index contributed by atoms with van der Waals surface area (Å²) in [6.45, 7) is 2.22. The van der Waals surface area contributed by atoms with Gasteiger partial charge in [-0.1, -0.05) is 12.1 Å². The maximum Gasteiger partial charge on any atom is 0.303 e. The number of aliphatic hydroxyl groups is 4. The van der Waals surface area contributed by atoms with E-state index >= 15 is 0 Å². The fourth-order valence-corrected chi connectivity index (χ4v) is 8.27. The van der Waals surface area contributed by atoms with E-state index in [-0.39, 0.29) is 45.6 Å². The number of Topliss-reactive ketones (excluding diaryl/α,β-unsaturated/α-hetero) is 1. The number of carbonyl (C=O) groups excluding carboxylic acids is 5. The number of aromatic hydroxyl groups is 3. The maximum atomic E-state index is 13.2. The van der Waals surface area contributed by atoms with E-state index in [4.69, 9.17) is 56.8 Å². The van der Waals surface area contributed by atoms with Crippen LogP contribution >= 0.6 is 0 Å². The van der Waals surface area contributed by atoms with Crippen molar-refractivity contribution in [1.82, 2.24) is 0 Å². The van der Waals surface area contributed by atoms with Crippen LogP contribution in [0.25, 0.3) is 0 Å². The zero-order chi connectivity index (χ0) is 50.0. The topological polar surface area (TPSA) is 338 Å². The number of hydrogen-bond donors (Lipinski definition) is 7. The number of benzene rings is 3. The van der Waals surface area contributed by atoms with Crippen LogP contribution in [-0.4, -0.2) is 166 Å². The average molecular weight is 975 g/mol. The van der Waals surface area contributed by atoms with Crippen LogP contribution in [0.3, 0.4) is 0 Å². The molecule has 0 radical (unpaired) electrons. The second kappa shape index (κ2) is 21.0. The molecule has 0 saturated carbocycles. The standard InChI is InChI=1S/C45H50O24/c1-17(47)59-15-32-41(61-18(2)48)42(62-19(3)49)43(63-20(4)50)45(68-32)69-40-30(14-46)67-44(37(57)36(40)56)60-16-31-38(21-6-8-24(52)27(10-21)58-5)65-28-11-22(7-9-26(28)64-31)39-35(55)34(54)33-25(53)12-23(51)13-29(33)66-39/h6-13,30-32,35-46,51-53,55-57H,14-16H2,1-5H3/t30-,31?,32-,35+,36-,37-,38?,39-,40-,41-,42+,43-,44-,45+/m1/s1. The van der Waals surface area contributed by atoms with Crippen molar-refractivity contribution in [3.8, 4) is 40.2 Å². The number of ketones is 1. The minimum absolute atomic E-state index is 0.0559. The number of carbonyl (C=O) groups is 5. The van der Waals surface area contributed by atoms with Gasteiger partial charge in [0.05, 0.1) is 20.3 Å². The molecule has 7 rings (SSSR count). The molecule has 24 heteroatoms. The second-order valence-corrected chi connectivity index (χ2v) is 16.2. The van der Waals surface area contributed by atoms with Gasteiger partial charge in [0, 0.05) is 45.4 Å². The second-order valence-electron chi connectivity index (χ2n) is 16.2. The summed E-state index contributed by atoms with van der Waals surface area (Å²) in [7, 11) is 1.32. The minimum Gasteiger partial charge on any atom is -0.508 e. The Morgan fingerprint density at radius 3 is 1.91 bits per heavy atom. The van der Waals surface area contributed by atoms with Crippen LogP contribution < -0.4 is 18.9 Å². The number of fused-ring (bicyclic) bond motifs is 2. The van der Waals surface area contributed by atoms with Gasteiger partial charge in [0.2, 0.25) is 5.78 Å². The molecule has 0 aliphatic carbocycles. The van der Waals surface area contributed by atoms with Gasteiger partial charge in [-0.3, -0.25) is 24.0 Å². The predicted molar refractivity (Wildman–Crippen MR) is 223 cm³/mol. The molecule has 0 amide bonds. The van der Waals surface area contributed by atoms with Crippen LogP contribution in [0.15, 0.2) is 48.5 Å². The Morgan fingerprint density at radius 1 is 0.609 bits per heavy atom. The largest absolute Gasteiger partial charge is 0.508 e. The molecular weight excluding hydrogens is 924 g/mol. The molecule has 0 bridgehead atoms. The lowest BCUT2D eigenvalue weighted by Gasteiger charge is -2.47. The van der Waals surface area contributed by atoms with E-state index in [2.05, 4.69) is 0 Å². The van der Waals surface area contributed by atoms with E-state index in [9.17, 15) is 59.7 Å². The molecule has 14 atom stereocenters. The van der Waals surface area contributed by atoms with Gasteiger partial charge in [0.1, 0.15) is 59.9 Å². The highest BCUT2D eigenvalue weighted by Gasteiger charge is 2.56. The Labute approximate surface area is 391 Å². The molecule has 2 fully saturated rings. The molecule has 374 valence electrons. The fourth-order valence-electron chi connectivity index (χ4n) is 8.27. The minimum atomic E-state index is -1.96. The lowest BCUT2D eigenvalue weighted by Crippen LogP contribution is -2.66. The molecule has 4 aliphatic heterocycles. The van der Waals surface area contributed by atoms with Gasteiger partial charge >= 0.3 is 23.9 Å². The molecule has 2 unspecified atom stereocenters. The number of rotatable bonds is 14. The molecule has 3 aromatic rings. The molecule has 4 aliphatic rings. The first-order valence-corrected chi connectivity index (χ1v) is 21.3. The van der Waals surface area contributed by atoms with Crippen molar-refractivity contribution in [3.63, 3.8) is 0 Å². The number of ether oxygens (including phenoxy) is 12. The Morgan fingerprint density at radius 2 is 1.25 bits per heavy atom. The van der Waals surface area contributed by atoms with E-state index in [0.29, 0.717) is 5.56 Å². The first kappa shape index (κ1) is 50.4. The van der Waals surface area contributed by atoms with E-state index in [1.165, 1.54) is 43.5 Å². The number of hydrogen-bond acceptors (Lipinski definition) is 24. The fraction of sp³-hybridized carbons (Fsp3) is 0.489. The maximum absolute atomic E-state index is 13.2. The van der Waals surface area contributed by atoms with Crippen molar-refractivity contribution in [2.45, 2.75) is 114 Å². The normalized spacial score (nSPS) is 30.5. The highest BCUT2D eigenvalue weighted by Crippen LogP contribution is 2.46. The van der Waals surface area contributed by atoms with Gasteiger partial charge in [-0.05, 0) is 29.8 Å². The van der Waals surface area contributed by atoms with Gasteiger partial charge < -0.3 is 92.6 Å². The van der Waals surface area contributed by atoms with Crippen LogP contribution in [0.2, 0.25) is 0 Å². The number of methoxy groups -OCH3 is 1. The van der Waals surface area contributed by atoms with Crippen molar-refractivity contribution in [2.24, 2.45) is 0 Å². The number of esters is 4. The average Bonchev–Trinajstić information content (AvgIpc) is 3.29. The summed E-state index contributed by atoms with van der Waals surface area (Å²) in [4.78, 5) is 61.8. The summed E-state index contributed by atoms with van der Waals surface area (Å²) >= 11 is 0. The number of aliphatic hydroxyl groups excluding tert-OH is 4. The zero-order valence-electron chi connectivity index (χ0n) is 37.4. The smallest absolute Gasteiger partial charge is 0.303 e. The van der Waals surface area contributed by atoms with E-state index in [1.54, 1.807) is 0 Å². The van der Waals surface area contributed by atoms with Crippen LogP contribution in [0.4, 0.5) is 0 Å². The lowest BCUT2D eigenvalue weighted by atomic mass is 9.92. The Balaban J connectivity index is 1.12. The lowest BCUT2D eigenvalue weighted by molar-refractivity contribution is -0.361. The van der Waals surface area contributed by atoms with E-state index in [0.717, 1.165) is 39.8 Å². The van der Waals surface area contributed by atoms with Crippen LogP contribution in [-0.2, 0) is 57.1 Å². The highest BCUT2D eigenvalue weighted by atomic mass is 16.8. The highest BCUT2D eigenvalue weighted by molar-refractivity contribution is 6.05. The number of phenolic OH excluding ortho intramolecular Hbond substituents is 3. The van der Waals surface area contributed by atoms with Crippen LogP contribution in [0.1, 0.15) is 61.4 Å². The Bertz CT molecular complexity index is 2400. The first-order chi connectivity index (χ1) is 32.8.